The molecule has 0 aliphatic heterocycles. The maximum absolute atomic E-state index is 12.6. The molecule has 3 aromatic rings. The van der Waals surface area contributed by atoms with Gasteiger partial charge in [0.2, 0.25) is 0 Å². The lowest BCUT2D eigenvalue weighted by atomic mass is 10.1. The zero-order valence-electron chi connectivity index (χ0n) is 17.6. The highest BCUT2D eigenvalue weighted by Gasteiger charge is 2.38. The molecule has 2 fully saturated rings. The molecule has 0 aromatic heterocycles. The van der Waals surface area contributed by atoms with Crippen LogP contribution in [0.4, 0.5) is 0 Å². The summed E-state index contributed by atoms with van der Waals surface area (Å²) in [6.07, 6.45) is 3.98. The monoisotopic (exact) mass is 412 g/mol. The smallest absolute Gasteiger partial charge is 0.251 e. The number of ether oxygens (including phenoxy) is 1. The second-order valence-corrected chi connectivity index (χ2v) is 8.67. The van der Waals surface area contributed by atoms with Crippen molar-refractivity contribution in [3.05, 3.63) is 95.6 Å². The number of carbonyl (C=O) groups excluding carboxylic acids is 1. The van der Waals surface area contributed by atoms with Gasteiger partial charge in [-0.15, -0.1) is 0 Å². The van der Waals surface area contributed by atoms with Gasteiger partial charge >= 0.3 is 0 Å². The first-order valence-electron chi connectivity index (χ1n) is 11.2. The normalized spacial score (nSPS) is 19.6. The lowest BCUT2D eigenvalue weighted by Gasteiger charge is -2.09. The zero-order valence-corrected chi connectivity index (χ0v) is 17.6. The van der Waals surface area contributed by atoms with Gasteiger partial charge in [0.05, 0.1) is 0 Å². The van der Waals surface area contributed by atoms with Gasteiger partial charge in [0.1, 0.15) is 11.5 Å². The molecule has 5 rings (SSSR count). The maximum Gasteiger partial charge on any atom is 0.251 e. The Labute approximate surface area is 183 Å². The Morgan fingerprint density at radius 1 is 0.903 bits per heavy atom. The molecule has 0 bridgehead atoms. The molecule has 1 amide bonds. The van der Waals surface area contributed by atoms with Gasteiger partial charge in [-0.3, -0.25) is 4.79 Å². The van der Waals surface area contributed by atoms with Crippen LogP contribution < -0.4 is 15.4 Å². The number of rotatable bonds is 9. The first-order chi connectivity index (χ1) is 15.2. The molecular weight excluding hydrogens is 384 g/mol. The van der Waals surface area contributed by atoms with Gasteiger partial charge in [-0.05, 0) is 79.3 Å². The van der Waals surface area contributed by atoms with Gasteiger partial charge in [0.25, 0.3) is 5.91 Å². The van der Waals surface area contributed by atoms with Crippen LogP contribution in [0.25, 0.3) is 0 Å². The number of benzene rings is 3. The van der Waals surface area contributed by atoms with Gasteiger partial charge < -0.3 is 15.4 Å². The summed E-state index contributed by atoms with van der Waals surface area (Å²) in [7, 11) is 0. The molecule has 4 heteroatoms. The number of hydrogen-bond donors (Lipinski definition) is 2. The molecule has 2 saturated carbocycles. The minimum atomic E-state index is -0.0554. The molecule has 3 aromatic carbocycles. The molecular formula is C27H28N2O2. The molecule has 0 saturated heterocycles. The van der Waals surface area contributed by atoms with E-state index in [1.54, 1.807) is 0 Å². The molecule has 31 heavy (non-hydrogen) atoms. The Kier molecular flexibility index (Phi) is 5.72. The summed E-state index contributed by atoms with van der Waals surface area (Å²) in [6, 6.07) is 26.2. The Bertz CT molecular complexity index is 1030. The van der Waals surface area contributed by atoms with Crippen LogP contribution >= 0.6 is 0 Å². The van der Waals surface area contributed by atoms with Crippen LogP contribution in [0.2, 0.25) is 0 Å². The van der Waals surface area contributed by atoms with E-state index in [0.29, 0.717) is 24.1 Å². The van der Waals surface area contributed by atoms with Crippen LogP contribution in [0.1, 0.15) is 46.7 Å². The quantitative estimate of drug-likeness (QED) is 0.504. The van der Waals surface area contributed by atoms with E-state index < -0.39 is 0 Å². The molecule has 2 aliphatic rings. The summed E-state index contributed by atoms with van der Waals surface area (Å²) in [6.45, 7) is 1.63. The Morgan fingerprint density at radius 2 is 1.68 bits per heavy atom. The number of amides is 1. The number of nitrogens with one attached hydrogen (secondary N) is 2. The highest BCUT2D eigenvalue weighted by atomic mass is 16.5. The van der Waals surface area contributed by atoms with E-state index in [1.165, 1.54) is 31.4 Å². The van der Waals surface area contributed by atoms with Gasteiger partial charge in [0.15, 0.2) is 0 Å². The number of para-hydroxylation sites is 1. The summed E-state index contributed by atoms with van der Waals surface area (Å²) >= 11 is 0. The Hall–Kier alpha value is -3.11. The van der Waals surface area contributed by atoms with Gasteiger partial charge in [-0.25, -0.2) is 0 Å². The van der Waals surface area contributed by atoms with E-state index in [2.05, 4.69) is 22.8 Å². The van der Waals surface area contributed by atoms with Crippen molar-refractivity contribution in [1.82, 2.24) is 10.6 Å². The second-order valence-electron chi connectivity index (χ2n) is 8.67. The average Bonchev–Trinajstić information content (AvgIpc) is 3.72. The molecule has 158 valence electrons. The highest BCUT2D eigenvalue weighted by molar-refractivity contribution is 5.94. The van der Waals surface area contributed by atoms with Crippen LogP contribution in [0.3, 0.4) is 0 Å². The van der Waals surface area contributed by atoms with Crippen LogP contribution in [0.5, 0.6) is 11.5 Å². The Balaban J connectivity index is 1.12. The zero-order chi connectivity index (χ0) is 21.0. The van der Waals surface area contributed by atoms with Crippen molar-refractivity contribution in [3.63, 3.8) is 0 Å². The largest absolute Gasteiger partial charge is 0.457 e. The van der Waals surface area contributed by atoms with E-state index in [-0.39, 0.29) is 5.91 Å². The van der Waals surface area contributed by atoms with E-state index in [0.717, 1.165) is 23.0 Å². The van der Waals surface area contributed by atoms with Crippen molar-refractivity contribution in [2.45, 2.75) is 37.8 Å². The summed E-state index contributed by atoms with van der Waals surface area (Å²) in [4.78, 5) is 12.6. The molecule has 2 aliphatic carbocycles. The fraction of sp³-hybridized carbons (Fsp3) is 0.296. The van der Waals surface area contributed by atoms with Crippen LogP contribution in [0, 0.1) is 5.92 Å². The van der Waals surface area contributed by atoms with Gasteiger partial charge in [-0.2, -0.15) is 0 Å². The standard InChI is InChI=1S/C27H28N2O2/c30-27(22-13-11-21(12-14-22)25-16-26(25)28-17-19-9-10-19)29-18-20-5-4-8-24(15-20)31-23-6-2-1-3-7-23/h1-8,11-15,19,25-26,28H,9-10,16-18H2,(H,29,30)/t25-,26+/m0/s1. The third kappa shape index (κ3) is 5.33. The third-order valence-corrected chi connectivity index (χ3v) is 6.09. The number of hydrogen-bond acceptors (Lipinski definition) is 3. The summed E-state index contributed by atoms with van der Waals surface area (Å²) in [5.74, 6) is 3.02. The molecule has 2 N–H and O–H groups in total. The Morgan fingerprint density at radius 3 is 2.45 bits per heavy atom. The topological polar surface area (TPSA) is 50.4 Å². The van der Waals surface area contributed by atoms with Crippen LogP contribution in [0.15, 0.2) is 78.9 Å². The van der Waals surface area contributed by atoms with Crippen molar-refractivity contribution in [1.29, 1.82) is 0 Å². The molecule has 0 spiro atoms. The lowest BCUT2D eigenvalue weighted by Crippen LogP contribution is -2.22. The van der Waals surface area contributed by atoms with Crippen molar-refractivity contribution in [2.24, 2.45) is 5.92 Å². The summed E-state index contributed by atoms with van der Waals surface area (Å²) in [5, 5.41) is 6.69. The van der Waals surface area contributed by atoms with E-state index in [4.69, 9.17) is 4.74 Å². The lowest BCUT2D eigenvalue weighted by molar-refractivity contribution is 0.0951. The van der Waals surface area contributed by atoms with Crippen molar-refractivity contribution < 1.29 is 9.53 Å². The van der Waals surface area contributed by atoms with Gasteiger partial charge in [0, 0.05) is 24.1 Å². The first kappa shape index (κ1) is 19.8. The fourth-order valence-electron chi connectivity index (χ4n) is 3.94. The SMILES string of the molecule is O=C(NCc1cccc(Oc2ccccc2)c1)c1ccc([C@@H]2C[C@H]2NCC2CC2)cc1. The van der Waals surface area contributed by atoms with E-state index in [1.807, 2.05) is 66.7 Å². The highest BCUT2D eigenvalue weighted by Crippen LogP contribution is 2.41. The van der Waals surface area contributed by atoms with Crippen molar-refractivity contribution in [3.8, 4) is 11.5 Å². The first-order valence-corrected chi connectivity index (χ1v) is 11.2. The second kappa shape index (κ2) is 8.94. The maximum atomic E-state index is 12.6. The molecule has 0 heterocycles. The predicted molar refractivity (Wildman–Crippen MR) is 122 cm³/mol. The minimum absolute atomic E-state index is 0.0554. The van der Waals surface area contributed by atoms with Crippen LogP contribution in [-0.2, 0) is 6.54 Å². The van der Waals surface area contributed by atoms with Crippen LogP contribution in [-0.4, -0.2) is 18.5 Å². The molecule has 2 atom stereocenters. The van der Waals surface area contributed by atoms with Gasteiger partial charge in [-0.1, -0.05) is 42.5 Å². The number of carbonyl (C=O) groups is 1. The van der Waals surface area contributed by atoms with Crippen molar-refractivity contribution >= 4 is 5.91 Å². The molecule has 0 radical (unpaired) electrons. The molecule has 4 nitrogen and oxygen atoms in total. The summed E-state index contributed by atoms with van der Waals surface area (Å²) in [5.41, 5.74) is 3.03. The predicted octanol–water partition coefficient (Wildman–Crippen LogP) is 5.26. The fourth-order valence-corrected chi connectivity index (χ4v) is 3.94. The summed E-state index contributed by atoms with van der Waals surface area (Å²) < 4.78 is 5.88. The molecule has 0 unspecified atom stereocenters. The van der Waals surface area contributed by atoms with E-state index >= 15 is 0 Å². The van der Waals surface area contributed by atoms with E-state index in [9.17, 15) is 4.79 Å². The minimum Gasteiger partial charge on any atom is -0.457 e. The average molecular weight is 413 g/mol. The third-order valence-electron chi connectivity index (χ3n) is 6.09. The van der Waals surface area contributed by atoms with Crippen molar-refractivity contribution in [2.75, 3.05) is 6.54 Å².